The Morgan fingerprint density at radius 1 is 1.36 bits per heavy atom. The molecule has 2 atom stereocenters. The Labute approximate surface area is 88.4 Å². The second-order valence-electron chi connectivity index (χ2n) is 5.56. The van der Waals surface area contributed by atoms with E-state index in [-0.39, 0.29) is 0 Å². The van der Waals surface area contributed by atoms with Crippen LogP contribution in [0.3, 0.4) is 0 Å². The third kappa shape index (κ3) is 3.97. The van der Waals surface area contributed by atoms with Gasteiger partial charge in [-0.2, -0.15) is 0 Å². The summed E-state index contributed by atoms with van der Waals surface area (Å²) in [5.41, 5.74) is 0.390. The summed E-state index contributed by atoms with van der Waals surface area (Å²) < 4.78 is 5.66. The predicted molar refractivity (Wildman–Crippen MR) is 60.5 cm³/mol. The minimum atomic E-state index is 0.390. The predicted octanol–water partition coefficient (Wildman–Crippen LogP) is 2.44. The Morgan fingerprint density at radius 2 is 2.07 bits per heavy atom. The maximum atomic E-state index is 5.66. The lowest BCUT2D eigenvalue weighted by Gasteiger charge is -2.22. The Bertz CT molecular complexity index is 162. The summed E-state index contributed by atoms with van der Waals surface area (Å²) in [5.74, 6) is 0.738. The minimum Gasteiger partial charge on any atom is -0.378 e. The van der Waals surface area contributed by atoms with Crippen LogP contribution >= 0.6 is 0 Å². The highest BCUT2D eigenvalue weighted by molar-refractivity contribution is 4.78. The topological polar surface area (TPSA) is 21.3 Å². The molecular weight excluding hydrogens is 174 g/mol. The molecule has 1 fully saturated rings. The quantitative estimate of drug-likeness (QED) is 0.751. The summed E-state index contributed by atoms with van der Waals surface area (Å²) in [4.78, 5) is 0. The Morgan fingerprint density at radius 3 is 2.64 bits per heavy atom. The Balaban J connectivity index is 2.18. The van der Waals surface area contributed by atoms with E-state index >= 15 is 0 Å². The maximum absolute atomic E-state index is 5.66. The zero-order valence-electron chi connectivity index (χ0n) is 10.1. The van der Waals surface area contributed by atoms with E-state index in [2.05, 4.69) is 33.0 Å². The van der Waals surface area contributed by atoms with Crippen LogP contribution in [0.5, 0.6) is 0 Å². The van der Waals surface area contributed by atoms with Crippen LogP contribution in [0.15, 0.2) is 0 Å². The molecule has 0 saturated carbocycles. The molecule has 2 nitrogen and oxygen atoms in total. The molecule has 1 saturated heterocycles. The van der Waals surface area contributed by atoms with E-state index in [1.807, 2.05) is 0 Å². The smallest absolute Gasteiger partial charge is 0.0613 e. The largest absolute Gasteiger partial charge is 0.378 e. The van der Waals surface area contributed by atoms with Gasteiger partial charge in [0, 0.05) is 19.7 Å². The molecule has 1 aliphatic heterocycles. The molecule has 0 amide bonds. The number of hydrogen-bond donors (Lipinski definition) is 1. The molecule has 0 aromatic rings. The molecule has 0 spiro atoms. The summed E-state index contributed by atoms with van der Waals surface area (Å²) in [7, 11) is 0. The van der Waals surface area contributed by atoms with Crippen LogP contribution in [-0.2, 0) is 4.74 Å². The van der Waals surface area contributed by atoms with Crippen molar-refractivity contribution in [2.24, 2.45) is 11.3 Å². The third-order valence-corrected chi connectivity index (χ3v) is 2.81. The monoisotopic (exact) mass is 199 g/mol. The zero-order valence-corrected chi connectivity index (χ0v) is 10.1. The highest BCUT2D eigenvalue weighted by Gasteiger charge is 2.26. The third-order valence-electron chi connectivity index (χ3n) is 2.81. The average Bonchev–Trinajstić information content (AvgIpc) is 2.49. The lowest BCUT2D eigenvalue weighted by Crippen LogP contribution is -2.33. The molecule has 84 valence electrons. The normalized spacial score (nSPS) is 28.3. The Hall–Kier alpha value is -0.0800. The number of nitrogens with one attached hydrogen (secondary N) is 1. The van der Waals surface area contributed by atoms with E-state index in [0.29, 0.717) is 11.5 Å². The number of hydrogen-bond acceptors (Lipinski definition) is 2. The molecule has 0 radical (unpaired) electrons. The van der Waals surface area contributed by atoms with Gasteiger partial charge in [0.1, 0.15) is 0 Å². The highest BCUT2D eigenvalue weighted by Crippen LogP contribution is 2.22. The Kier molecular flexibility index (Phi) is 4.39. The molecule has 1 heterocycles. The number of ether oxygens (including phenoxy) is 1. The van der Waals surface area contributed by atoms with Crippen molar-refractivity contribution in [1.82, 2.24) is 5.32 Å². The van der Waals surface area contributed by atoms with Crippen molar-refractivity contribution in [1.29, 1.82) is 0 Å². The summed E-state index contributed by atoms with van der Waals surface area (Å²) in [6.45, 7) is 12.2. The van der Waals surface area contributed by atoms with Gasteiger partial charge in [0.25, 0.3) is 0 Å². The molecule has 1 N–H and O–H groups in total. The SMILES string of the molecule is CCC1OCCC1CNCC(C)(C)C. The van der Waals surface area contributed by atoms with Gasteiger partial charge in [-0.05, 0) is 24.2 Å². The second kappa shape index (κ2) is 5.13. The molecule has 1 rings (SSSR count). The van der Waals surface area contributed by atoms with Crippen LogP contribution in [-0.4, -0.2) is 25.8 Å². The fourth-order valence-electron chi connectivity index (χ4n) is 2.01. The van der Waals surface area contributed by atoms with Crippen molar-refractivity contribution in [3.05, 3.63) is 0 Å². The molecule has 2 heteroatoms. The van der Waals surface area contributed by atoms with Crippen molar-refractivity contribution in [3.63, 3.8) is 0 Å². The van der Waals surface area contributed by atoms with Crippen LogP contribution in [0, 0.1) is 11.3 Å². The van der Waals surface area contributed by atoms with Gasteiger partial charge in [0.15, 0.2) is 0 Å². The van der Waals surface area contributed by atoms with Gasteiger partial charge < -0.3 is 10.1 Å². The maximum Gasteiger partial charge on any atom is 0.0613 e. The molecule has 1 aliphatic rings. The molecule has 0 aliphatic carbocycles. The lowest BCUT2D eigenvalue weighted by atomic mass is 9.95. The van der Waals surface area contributed by atoms with E-state index in [4.69, 9.17) is 4.74 Å². The van der Waals surface area contributed by atoms with Crippen molar-refractivity contribution in [2.75, 3.05) is 19.7 Å². The lowest BCUT2D eigenvalue weighted by molar-refractivity contribution is 0.0867. The average molecular weight is 199 g/mol. The van der Waals surface area contributed by atoms with Crippen LogP contribution in [0.4, 0.5) is 0 Å². The van der Waals surface area contributed by atoms with Gasteiger partial charge in [-0.25, -0.2) is 0 Å². The van der Waals surface area contributed by atoms with Crippen LogP contribution in [0.2, 0.25) is 0 Å². The van der Waals surface area contributed by atoms with Gasteiger partial charge in [-0.3, -0.25) is 0 Å². The van der Waals surface area contributed by atoms with E-state index in [1.165, 1.54) is 6.42 Å². The zero-order chi connectivity index (χ0) is 10.6. The van der Waals surface area contributed by atoms with Crippen molar-refractivity contribution < 1.29 is 4.74 Å². The summed E-state index contributed by atoms with van der Waals surface area (Å²) in [6, 6.07) is 0. The molecule has 14 heavy (non-hydrogen) atoms. The van der Waals surface area contributed by atoms with Gasteiger partial charge in [0.05, 0.1) is 6.10 Å². The standard InChI is InChI=1S/C12H25NO/c1-5-11-10(6-7-14-11)8-13-9-12(2,3)4/h10-11,13H,5-9H2,1-4H3. The van der Waals surface area contributed by atoms with E-state index < -0.39 is 0 Å². The fraction of sp³-hybridized carbons (Fsp3) is 1.00. The summed E-state index contributed by atoms with van der Waals surface area (Å²) in [5, 5.41) is 3.55. The first-order valence-electron chi connectivity index (χ1n) is 5.85. The first kappa shape index (κ1) is 12.0. The van der Waals surface area contributed by atoms with Crippen molar-refractivity contribution >= 4 is 0 Å². The van der Waals surface area contributed by atoms with Gasteiger partial charge in [-0.1, -0.05) is 27.7 Å². The van der Waals surface area contributed by atoms with E-state index in [1.54, 1.807) is 0 Å². The molecule has 0 aromatic heterocycles. The van der Waals surface area contributed by atoms with Gasteiger partial charge >= 0.3 is 0 Å². The van der Waals surface area contributed by atoms with Crippen LogP contribution in [0.1, 0.15) is 40.5 Å². The second-order valence-corrected chi connectivity index (χ2v) is 5.56. The number of rotatable bonds is 4. The van der Waals surface area contributed by atoms with Crippen LogP contribution < -0.4 is 5.32 Å². The van der Waals surface area contributed by atoms with Crippen molar-refractivity contribution in [2.45, 2.75) is 46.6 Å². The summed E-state index contributed by atoms with van der Waals surface area (Å²) >= 11 is 0. The van der Waals surface area contributed by atoms with Crippen LogP contribution in [0.25, 0.3) is 0 Å². The molecule has 0 aromatic carbocycles. The summed E-state index contributed by atoms with van der Waals surface area (Å²) in [6.07, 6.45) is 2.89. The van der Waals surface area contributed by atoms with E-state index in [0.717, 1.165) is 32.0 Å². The van der Waals surface area contributed by atoms with Gasteiger partial charge in [-0.15, -0.1) is 0 Å². The first-order valence-corrected chi connectivity index (χ1v) is 5.85. The molecule has 2 unspecified atom stereocenters. The fourth-order valence-corrected chi connectivity index (χ4v) is 2.01. The van der Waals surface area contributed by atoms with Gasteiger partial charge in [0.2, 0.25) is 0 Å². The van der Waals surface area contributed by atoms with Crippen molar-refractivity contribution in [3.8, 4) is 0 Å². The van der Waals surface area contributed by atoms with E-state index in [9.17, 15) is 0 Å². The highest BCUT2D eigenvalue weighted by atomic mass is 16.5. The molecular formula is C12H25NO. The minimum absolute atomic E-state index is 0.390. The molecule has 0 bridgehead atoms. The first-order chi connectivity index (χ1) is 6.53.